The van der Waals surface area contributed by atoms with Gasteiger partial charge in [-0.25, -0.2) is 4.39 Å². The Morgan fingerprint density at radius 3 is 2.54 bits per heavy atom. The van der Waals surface area contributed by atoms with Crippen LogP contribution in [-0.4, -0.2) is 57.0 Å². The van der Waals surface area contributed by atoms with E-state index in [0.717, 1.165) is 22.5 Å². The summed E-state index contributed by atoms with van der Waals surface area (Å²) in [4.78, 5) is 15.7. The molecule has 8 heteroatoms. The quantitative estimate of drug-likeness (QED) is 0.435. The third kappa shape index (κ3) is 4.98. The number of hydrazone groups is 1. The Bertz CT molecular complexity index is 1370. The van der Waals surface area contributed by atoms with Crippen LogP contribution in [0.3, 0.4) is 0 Å². The Morgan fingerprint density at radius 2 is 1.92 bits per heavy atom. The third-order valence-corrected chi connectivity index (χ3v) is 8.17. The smallest absolute Gasteiger partial charge is 0.234 e. The number of aryl methyl sites for hydroxylation is 1. The second kappa shape index (κ2) is 10.6. The molecule has 3 heterocycles. The Kier molecular flexibility index (Phi) is 7.33. The highest BCUT2D eigenvalue weighted by Crippen LogP contribution is 2.41. The van der Waals surface area contributed by atoms with Gasteiger partial charge in [0.25, 0.3) is 0 Å². The van der Waals surface area contributed by atoms with Crippen LogP contribution in [0.2, 0.25) is 0 Å². The van der Waals surface area contributed by atoms with Crippen molar-refractivity contribution in [3.05, 3.63) is 77.4 Å². The average Bonchev–Trinajstić information content (AvgIpc) is 3.61. The summed E-state index contributed by atoms with van der Waals surface area (Å²) in [6.45, 7) is 11.0. The van der Waals surface area contributed by atoms with Gasteiger partial charge in [-0.1, -0.05) is 61.5 Å². The first-order valence-electron chi connectivity index (χ1n) is 13.7. The molecule has 39 heavy (non-hydrogen) atoms. The Hall–Kier alpha value is -3.52. The Labute approximate surface area is 229 Å². The molecule has 0 unspecified atom stereocenters. The first kappa shape index (κ1) is 27.1. The van der Waals surface area contributed by atoms with Gasteiger partial charge in [0.2, 0.25) is 5.91 Å². The van der Waals surface area contributed by atoms with Crippen LogP contribution in [0.1, 0.15) is 63.5 Å². The zero-order chi connectivity index (χ0) is 27.9. The van der Waals surface area contributed by atoms with E-state index in [1.165, 1.54) is 6.07 Å². The molecule has 1 aromatic heterocycles. The summed E-state index contributed by atoms with van der Waals surface area (Å²) in [5, 5.41) is 21.7. The second-order valence-electron chi connectivity index (χ2n) is 11.3. The number of hydrogen-bond donors (Lipinski definition) is 1. The molecule has 1 fully saturated rings. The van der Waals surface area contributed by atoms with E-state index in [2.05, 4.69) is 24.0 Å². The molecule has 206 valence electrons. The Balaban J connectivity index is 1.41. The number of halogens is 1. The summed E-state index contributed by atoms with van der Waals surface area (Å²) >= 11 is 0. The minimum Gasteiger partial charge on any atom is -0.391 e. The predicted molar refractivity (Wildman–Crippen MR) is 149 cm³/mol. The van der Waals surface area contributed by atoms with E-state index in [0.29, 0.717) is 30.7 Å². The van der Waals surface area contributed by atoms with E-state index in [4.69, 9.17) is 9.62 Å². The minimum absolute atomic E-state index is 0.000804. The van der Waals surface area contributed by atoms with Gasteiger partial charge < -0.3 is 14.5 Å². The molecule has 5 rings (SSSR count). The largest absolute Gasteiger partial charge is 0.391 e. The van der Waals surface area contributed by atoms with Crippen LogP contribution in [0.25, 0.3) is 11.1 Å². The molecule has 0 bridgehead atoms. The zero-order valence-electron chi connectivity index (χ0n) is 23.3. The van der Waals surface area contributed by atoms with Crippen molar-refractivity contribution >= 4 is 11.6 Å². The molecule has 0 saturated carbocycles. The van der Waals surface area contributed by atoms with Crippen molar-refractivity contribution in [3.63, 3.8) is 0 Å². The van der Waals surface area contributed by atoms with Crippen molar-refractivity contribution in [3.8, 4) is 11.1 Å². The summed E-state index contributed by atoms with van der Waals surface area (Å²) in [7, 11) is 0. The number of aromatic nitrogens is 1. The van der Waals surface area contributed by atoms with Crippen molar-refractivity contribution in [1.82, 2.24) is 15.1 Å². The second-order valence-corrected chi connectivity index (χ2v) is 11.3. The van der Waals surface area contributed by atoms with Crippen molar-refractivity contribution in [2.45, 2.75) is 71.1 Å². The van der Waals surface area contributed by atoms with Crippen LogP contribution in [0, 0.1) is 18.7 Å². The molecule has 2 aromatic carbocycles. The van der Waals surface area contributed by atoms with Crippen molar-refractivity contribution in [2.75, 3.05) is 13.1 Å². The first-order chi connectivity index (χ1) is 18.6. The van der Waals surface area contributed by atoms with E-state index >= 15 is 0 Å². The van der Waals surface area contributed by atoms with Crippen LogP contribution in [0.4, 0.5) is 4.39 Å². The number of likely N-dealkylation sites (tertiary alicyclic amines) is 1. The van der Waals surface area contributed by atoms with Crippen molar-refractivity contribution in [2.24, 2.45) is 11.0 Å². The lowest BCUT2D eigenvalue weighted by Gasteiger charge is -2.34. The molecule has 2 aliphatic rings. The minimum atomic E-state index is -0.618. The molecule has 3 aromatic rings. The third-order valence-electron chi connectivity index (χ3n) is 8.17. The molecule has 1 N–H and O–H groups in total. The molecule has 0 aliphatic carbocycles. The highest BCUT2D eigenvalue weighted by atomic mass is 19.1. The molecule has 1 amide bonds. The summed E-state index contributed by atoms with van der Waals surface area (Å²) in [5.74, 6) is -0.255. The zero-order valence-corrected chi connectivity index (χ0v) is 23.3. The lowest BCUT2D eigenvalue weighted by Crippen LogP contribution is -2.44. The van der Waals surface area contributed by atoms with Gasteiger partial charge in [-0.15, -0.1) is 0 Å². The monoisotopic (exact) mass is 532 g/mol. The van der Waals surface area contributed by atoms with Crippen LogP contribution < -0.4 is 0 Å². The van der Waals surface area contributed by atoms with Crippen LogP contribution in [0.15, 0.2) is 64.2 Å². The first-order valence-corrected chi connectivity index (χ1v) is 13.7. The number of β-amino-alcohol motifs (C(OH)–C–C–N with tert-alkyl or cyclic N) is 1. The lowest BCUT2D eigenvalue weighted by molar-refractivity contribution is -0.134. The summed E-state index contributed by atoms with van der Waals surface area (Å²) in [6, 6.07) is 16.3. The van der Waals surface area contributed by atoms with E-state index in [9.17, 15) is 14.3 Å². The highest BCUT2D eigenvalue weighted by Gasteiger charge is 2.47. The SMILES string of the molecule is CCN1N=C([C@H]2C[C@@H](O)CN2C(=O)[C@@H](c2cc(C)no2)C(C)C)C[C@@]1(C)c1ccc(-c2ccccc2F)cc1. The van der Waals surface area contributed by atoms with Gasteiger partial charge in [0.15, 0.2) is 0 Å². The number of benzene rings is 2. The lowest BCUT2D eigenvalue weighted by atomic mass is 9.84. The van der Waals surface area contributed by atoms with E-state index in [1.807, 2.05) is 57.2 Å². The van der Waals surface area contributed by atoms with Gasteiger partial charge in [0, 0.05) is 37.6 Å². The van der Waals surface area contributed by atoms with Gasteiger partial charge in [-0.05, 0) is 43.9 Å². The Morgan fingerprint density at radius 1 is 1.21 bits per heavy atom. The molecule has 7 nitrogen and oxygen atoms in total. The van der Waals surface area contributed by atoms with Crippen LogP contribution in [-0.2, 0) is 10.3 Å². The maximum absolute atomic E-state index is 14.4. The molecular weight excluding hydrogens is 495 g/mol. The maximum atomic E-state index is 14.4. The normalized spacial score (nSPS) is 23.9. The maximum Gasteiger partial charge on any atom is 0.234 e. The fraction of sp³-hybridized carbons (Fsp3) is 0.452. The molecule has 4 atom stereocenters. The number of nitrogens with zero attached hydrogens (tertiary/aromatic N) is 4. The highest BCUT2D eigenvalue weighted by molar-refractivity contribution is 5.96. The number of carbonyl (C=O) groups is 1. The number of amides is 1. The van der Waals surface area contributed by atoms with Crippen LogP contribution in [0.5, 0.6) is 0 Å². The van der Waals surface area contributed by atoms with Gasteiger partial charge in [0.05, 0.1) is 29.1 Å². The van der Waals surface area contributed by atoms with E-state index in [-0.39, 0.29) is 30.2 Å². The number of aliphatic hydroxyl groups is 1. The molecule has 0 spiro atoms. The van der Waals surface area contributed by atoms with Gasteiger partial charge in [0.1, 0.15) is 17.5 Å². The topological polar surface area (TPSA) is 82.2 Å². The molecule has 2 aliphatic heterocycles. The number of aliphatic hydroxyl groups excluding tert-OH is 1. The van der Waals surface area contributed by atoms with Crippen molar-refractivity contribution in [1.29, 1.82) is 0 Å². The summed E-state index contributed by atoms with van der Waals surface area (Å²) < 4.78 is 19.9. The fourth-order valence-corrected chi connectivity index (χ4v) is 6.12. The number of hydrogen-bond acceptors (Lipinski definition) is 6. The van der Waals surface area contributed by atoms with Gasteiger partial charge in [-0.3, -0.25) is 9.80 Å². The van der Waals surface area contributed by atoms with Gasteiger partial charge >= 0.3 is 0 Å². The predicted octanol–water partition coefficient (Wildman–Crippen LogP) is 5.49. The molecule has 1 saturated heterocycles. The molecular formula is C31H37FN4O3. The van der Waals surface area contributed by atoms with Crippen molar-refractivity contribution < 1.29 is 18.8 Å². The average molecular weight is 533 g/mol. The van der Waals surface area contributed by atoms with Crippen LogP contribution >= 0.6 is 0 Å². The van der Waals surface area contributed by atoms with E-state index < -0.39 is 17.6 Å². The van der Waals surface area contributed by atoms with E-state index in [1.54, 1.807) is 17.0 Å². The number of rotatable bonds is 7. The standard InChI is InChI=1S/C31H37FN4O3/c1-6-36-31(5,22-13-11-21(12-14-22)24-9-7-8-10-25(24)32)17-26(33-36)27-16-23(37)18-35(27)30(38)29(19(2)3)28-15-20(4)34-39-28/h7-15,19,23,27,29,37H,6,16-18H2,1-5H3/t23-,27-,29-,31+/m1/s1. The van der Waals surface area contributed by atoms with Gasteiger partial charge in [-0.2, -0.15) is 5.10 Å². The number of carbonyl (C=O) groups excluding carboxylic acids is 1. The summed E-state index contributed by atoms with van der Waals surface area (Å²) in [6.07, 6.45) is 0.451. The fourth-order valence-electron chi connectivity index (χ4n) is 6.12. The summed E-state index contributed by atoms with van der Waals surface area (Å²) in [5.41, 5.74) is 3.65. The molecule has 0 radical (unpaired) electrons.